The predicted molar refractivity (Wildman–Crippen MR) is 120 cm³/mol. The van der Waals surface area contributed by atoms with Crippen molar-refractivity contribution in [3.05, 3.63) is 23.3 Å². The number of fused-ring (bicyclic) bond motifs is 1. The lowest BCUT2D eigenvalue weighted by Gasteiger charge is -2.49. The quantitative estimate of drug-likeness (QED) is 0.270. The van der Waals surface area contributed by atoms with Gasteiger partial charge in [0.15, 0.2) is 6.29 Å². The first-order chi connectivity index (χ1) is 14.2. The standard InChI is InChI=1S/C23H40N2O5/c1-6-29-22(30-10-9-28-8-7-26)14-25-21-12-18(16(2)3)20(24)11-19(21)17(15-27)13-23(25,4)5/h11-12,16-17,22,26-27H,6-10,13-15,24H2,1-5H3. The number of hydrogen-bond acceptors (Lipinski definition) is 7. The zero-order chi connectivity index (χ0) is 22.3. The summed E-state index contributed by atoms with van der Waals surface area (Å²) in [6.45, 7) is 12.9. The molecule has 1 aromatic rings. The lowest BCUT2D eigenvalue weighted by atomic mass is 9.78. The molecule has 1 aliphatic heterocycles. The van der Waals surface area contributed by atoms with Crippen LogP contribution in [-0.4, -0.2) is 68.2 Å². The van der Waals surface area contributed by atoms with Crippen molar-refractivity contribution in [1.29, 1.82) is 0 Å². The van der Waals surface area contributed by atoms with Gasteiger partial charge in [-0.05, 0) is 56.4 Å². The largest absolute Gasteiger partial charge is 0.398 e. The van der Waals surface area contributed by atoms with E-state index in [1.807, 2.05) is 13.0 Å². The normalized spacial score (nSPS) is 19.2. The highest BCUT2D eigenvalue weighted by Gasteiger charge is 2.39. The molecule has 7 nitrogen and oxygen atoms in total. The minimum atomic E-state index is -0.411. The Morgan fingerprint density at radius 2 is 1.90 bits per heavy atom. The third-order valence-electron chi connectivity index (χ3n) is 5.73. The van der Waals surface area contributed by atoms with Gasteiger partial charge in [-0.15, -0.1) is 0 Å². The van der Waals surface area contributed by atoms with E-state index < -0.39 is 6.29 Å². The van der Waals surface area contributed by atoms with Crippen molar-refractivity contribution >= 4 is 11.4 Å². The molecule has 1 aromatic carbocycles. The third kappa shape index (κ3) is 6.08. The van der Waals surface area contributed by atoms with Crippen LogP contribution in [0.25, 0.3) is 0 Å². The molecule has 2 rings (SSSR count). The number of hydrogen-bond donors (Lipinski definition) is 3. The van der Waals surface area contributed by atoms with Gasteiger partial charge in [-0.2, -0.15) is 0 Å². The summed E-state index contributed by atoms with van der Waals surface area (Å²) in [6.07, 6.45) is 0.403. The monoisotopic (exact) mass is 424 g/mol. The Kier molecular flexibility index (Phi) is 9.37. The molecular formula is C23H40N2O5. The van der Waals surface area contributed by atoms with Gasteiger partial charge in [-0.3, -0.25) is 0 Å². The van der Waals surface area contributed by atoms with Gasteiger partial charge in [0.25, 0.3) is 0 Å². The van der Waals surface area contributed by atoms with Crippen molar-refractivity contribution in [2.75, 3.05) is 56.8 Å². The fraction of sp³-hybridized carbons (Fsp3) is 0.739. The Hall–Kier alpha value is -1.38. The van der Waals surface area contributed by atoms with Crippen LogP contribution in [0.4, 0.5) is 11.4 Å². The van der Waals surface area contributed by atoms with Gasteiger partial charge in [0.2, 0.25) is 0 Å². The van der Waals surface area contributed by atoms with Crippen LogP contribution in [0.15, 0.2) is 12.1 Å². The molecular weight excluding hydrogens is 384 g/mol. The summed E-state index contributed by atoms with van der Waals surface area (Å²) in [6, 6.07) is 4.21. The van der Waals surface area contributed by atoms with E-state index in [0.717, 1.165) is 28.9 Å². The number of nitrogen functional groups attached to an aromatic ring is 1. The molecule has 0 spiro atoms. The molecule has 30 heavy (non-hydrogen) atoms. The molecule has 4 N–H and O–H groups in total. The van der Waals surface area contributed by atoms with E-state index in [2.05, 4.69) is 38.7 Å². The summed E-state index contributed by atoms with van der Waals surface area (Å²) in [7, 11) is 0. The van der Waals surface area contributed by atoms with Crippen LogP contribution < -0.4 is 10.6 Å². The smallest absolute Gasteiger partial charge is 0.174 e. The molecule has 172 valence electrons. The maximum Gasteiger partial charge on any atom is 0.174 e. The number of aliphatic hydroxyl groups excluding tert-OH is 2. The van der Waals surface area contributed by atoms with E-state index in [-0.39, 0.29) is 24.7 Å². The van der Waals surface area contributed by atoms with E-state index in [4.69, 9.17) is 25.1 Å². The number of anilines is 2. The summed E-state index contributed by atoms with van der Waals surface area (Å²) in [5.41, 5.74) is 10.2. The minimum absolute atomic E-state index is 0.000971. The van der Waals surface area contributed by atoms with Crippen LogP contribution >= 0.6 is 0 Å². The van der Waals surface area contributed by atoms with Crippen molar-refractivity contribution in [2.24, 2.45) is 0 Å². The van der Waals surface area contributed by atoms with E-state index in [1.54, 1.807) is 0 Å². The summed E-state index contributed by atoms with van der Waals surface area (Å²) in [5.74, 6) is 0.352. The highest BCUT2D eigenvalue weighted by molar-refractivity contribution is 5.68. The maximum atomic E-state index is 10.0. The van der Waals surface area contributed by atoms with Gasteiger partial charge in [0, 0.05) is 29.4 Å². The fourth-order valence-electron chi connectivity index (χ4n) is 4.25. The number of ether oxygens (including phenoxy) is 3. The third-order valence-corrected chi connectivity index (χ3v) is 5.73. The van der Waals surface area contributed by atoms with Gasteiger partial charge in [0.05, 0.1) is 39.6 Å². The van der Waals surface area contributed by atoms with Gasteiger partial charge >= 0.3 is 0 Å². The Labute approximate surface area is 181 Å². The molecule has 2 unspecified atom stereocenters. The lowest BCUT2D eigenvalue weighted by Crippen LogP contribution is -2.53. The molecule has 0 radical (unpaired) electrons. The first-order valence-electron chi connectivity index (χ1n) is 11.0. The molecule has 0 bridgehead atoms. The number of rotatable bonds is 12. The summed E-state index contributed by atoms with van der Waals surface area (Å²) in [4.78, 5) is 2.33. The van der Waals surface area contributed by atoms with E-state index in [1.165, 1.54) is 0 Å². The van der Waals surface area contributed by atoms with Crippen molar-refractivity contribution in [3.63, 3.8) is 0 Å². The Balaban J connectivity index is 2.31. The minimum Gasteiger partial charge on any atom is -0.398 e. The van der Waals surface area contributed by atoms with Crippen LogP contribution in [0.5, 0.6) is 0 Å². The van der Waals surface area contributed by atoms with Crippen molar-refractivity contribution in [3.8, 4) is 0 Å². The second-order valence-electron chi connectivity index (χ2n) is 8.79. The highest BCUT2D eigenvalue weighted by atomic mass is 16.7. The van der Waals surface area contributed by atoms with Crippen molar-refractivity contribution < 1.29 is 24.4 Å². The molecule has 0 amide bonds. The summed E-state index contributed by atoms with van der Waals surface area (Å²) in [5, 5.41) is 18.9. The molecule has 1 heterocycles. The molecule has 0 aromatic heterocycles. The highest BCUT2D eigenvalue weighted by Crippen LogP contribution is 2.46. The van der Waals surface area contributed by atoms with Crippen LogP contribution in [0.2, 0.25) is 0 Å². The molecule has 0 saturated carbocycles. The second kappa shape index (κ2) is 11.3. The van der Waals surface area contributed by atoms with Crippen LogP contribution in [-0.2, 0) is 14.2 Å². The van der Waals surface area contributed by atoms with Gasteiger partial charge in [-0.1, -0.05) is 13.8 Å². The molecule has 0 aliphatic carbocycles. The SMILES string of the molecule is CCOC(CN1c2cc(C(C)C)c(N)cc2C(CO)CC1(C)C)OCCOCCO. The van der Waals surface area contributed by atoms with Gasteiger partial charge in [0.1, 0.15) is 0 Å². The van der Waals surface area contributed by atoms with E-state index in [9.17, 15) is 5.11 Å². The number of aliphatic hydroxyl groups is 2. The van der Waals surface area contributed by atoms with Crippen LogP contribution in [0, 0.1) is 0 Å². The molecule has 7 heteroatoms. The second-order valence-corrected chi connectivity index (χ2v) is 8.79. The first kappa shape index (κ1) is 24.9. The summed E-state index contributed by atoms with van der Waals surface area (Å²) >= 11 is 0. The number of nitrogens with two attached hydrogens (primary N) is 1. The average Bonchev–Trinajstić information content (AvgIpc) is 2.69. The average molecular weight is 425 g/mol. The summed E-state index contributed by atoms with van der Waals surface area (Å²) < 4.78 is 17.1. The topological polar surface area (TPSA) is 97.4 Å². The zero-order valence-electron chi connectivity index (χ0n) is 19.2. The molecule has 0 fully saturated rings. The zero-order valence-corrected chi connectivity index (χ0v) is 19.2. The van der Waals surface area contributed by atoms with Gasteiger partial charge < -0.3 is 35.1 Å². The van der Waals surface area contributed by atoms with Gasteiger partial charge in [-0.25, -0.2) is 0 Å². The molecule has 0 saturated heterocycles. The predicted octanol–water partition coefficient (Wildman–Crippen LogP) is 2.84. The first-order valence-corrected chi connectivity index (χ1v) is 11.0. The van der Waals surface area contributed by atoms with E-state index in [0.29, 0.717) is 38.9 Å². The lowest BCUT2D eigenvalue weighted by molar-refractivity contribution is -0.143. The van der Waals surface area contributed by atoms with Crippen molar-refractivity contribution in [2.45, 2.75) is 64.7 Å². The molecule has 1 aliphatic rings. The molecule has 2 atom stereocenters. The Morgan fingerprint density at radius 1 is 1.17 bits per heavy atom. The van der Waals surface area contributed by atoms with Crippen molar-refractivity contribution in [1.82, 2.24) is 0 Å². The maximum absolute atomic E-state index is 10.0. The number of nitrogens with zero attached hydrogens (tertiary/aromatic N) is 1. The fourth-order valence-corrected chi connectivity index (χ4v) is 4.25. The van der Waals surface area contributed by atoms with E-state index >= 15 is 0 Å². The Morgan fingerprint density at radius 3 is 2.50 bits per heavy atom. The number of benzene rings is 1. The van der Waals surface area contributed by atoms with Crippen LogP contribution in [0.1, 0.15) is 64.0 Å². The van der Waals surface area contributed by atoms with Crippen LogP contribution in [0.3, 0.4) is 0 Å². The Bertz CT molecular complexity index is 665.